The van der Waals surface area contributed by atoms with Crippen LogP contribution in [0.4, 0.5) is 0 Å². The summed E-state index contributed by atoms with van der Waals surface area (Å²) in [4.78, 5) is 16.4. The van der Waals surface area contributed by atoms with Crippen LogP contribution in [0, 0.1) is 0 Å². The van der Waals surface area contributed by atoms with Gasteiger partial charge in [-0.15, -0.1) is 0 Å². The Morgan fingerprint density at radius 1 is 1.38 bits per heavy atom. The summed E-state index contributed by atoms with van der Waals surface area (Å²) in [6.07, 6.45) is -0.185. The minimum absolute atomic E-state index is 0.0916. The van der Waals surface area contributed by atoms with Crippen LogP contribution in [0.15, 0.2) is 16.8 Å². The van der Waals surface area contributed by atoms with Crippen molar-refractivity contribution in [1.82, 2.24) is 0 Å². The average molecular weight is 341 g/mol. The maximum Gasteiger partial charge on any atom is 0.373 e. The summed E-state index contributed by atoms with van der Waals surface area (Å²) in [5.41, 5.74) is 0. The van der Waals surface area contributed by atoms with E-state index in [0.717, 1.165) is 0 Å². The van der Waals surface area contributed by atoms with E-state index in [1.54, 1.807) is 20.1 Å². The topological polar surface area (TPSA) is 84.8 Å². The van der Waals surface area contributed by atoms with Crippen molar-refractivity contribution in [3.63, 3.8) is 0 Å². The summed E-state index contributed by atoms with van der Waals surface area (Å²) in [6, 6.07) is -0.323. The lowest BCUT2D eigenvalue weighted by atomic mass is 9.94. The predicted molar refractivity (Wildman–Crippen MR) is 82.4 cm³/mol. The average Bonchev–Trinajstić information content (AvgIpc) is 3.08. The van der Waals surface area contributed by atoms with E-state index in [1.165, 1.54) is 7.11 Å². The number of nitrogens with zero attached hydrogens (tertiary/aromatic N) is 1. The summed E-state index contributed by atoms with van der Waals surface area (Å²) in [5, 5.41) is 0. The van der Waals surface area contributed by atoms with Crippen LogP contribution >= 0.6 is 0 Å². The van der Waals surface area contributed by atoms with E-state index in [-0.39, 0.29) is 17.9 Å². The van der Waals surface area contributed by atoms with Gasteiger partial charge >= 0.3 is 5.97 Å². The van der Waals surface area contributed by atoms with E-state index >= 15 is 0 Å². The standard InChI is InChI=1S/C16H23NO7/c1-8-17-12-9(22-8)6-10(15(18)20-5)23-14(12)13(19-4)11-7-21-16(2,3)24-11/h6,9,11-14H,7H2,1-5H3/t9-,11-,12-,13-,14-/m1/s1. The van der Waals surface area contributed by atoms with Gasteiger partial charge in [0.15, 0.2) is 17.8 Å². The maximum absolute atomic E-state index is 11.9. The van der Waals surface area contributed by atoms with Gasteiger partial charge in [0, 0.05) is 20.1 Å². The molecule has 3 rings (SSSR count). The molecule has 3 aliphatic rings. The van der Waals surface area contributed by atoms with Crippen molar-refractivity contribution in [3.05, 3.63) is 11.8 Å². The van der Waals surface area contributed by atoms with Crippen LogP contribution in [-0.2, 0) is 33.2 Å². The molecule has 8 nitrogen and oxygen atoms in total. The Morgan fingerprint density at radius 3 is 2.71 bits per heavy atom. The van der Waals surface area contributed by atoms with E-state index < -0.39 is 30.1 Å². The number of carbonyl (C=O) groups excluding carboxylic acids is 1. The van der Waals surface area contributed by atoms with Gasteiger partial charge in [-0.3, -0.25) is 0 Å². The molecule has 0 aromatic heterocycles. The molecule has 0 unspecified atom stereocenters. The van der Waals surface area contributed by atoms with Crippen molar-refractivity contribution in [2.75, 3.05) is 20.8 Å². The fourth-order valence-corrected chi connectivity index (χ4v) is 3.23. The van der Waals surface area contributed by atoms with E-state index in [9.17, 15) is 4.79 Å². The van der Waals surface area contributed by atoms with Gasteiger partial charge in [0.25, 0.3) is 0 Å². The molecule has 0 spiro atoms. The van der Waals surface area contributed by atoms with Gasteiger partial charge in [-0.1, -0.05) is 0 Å². The molecule has 0 saturated carbocycles. The van der Waals surface area contributed by atoms with Crippen LogP contribution < -0.4 is 0 Å². The van der Waals surface area contributed by atoms with Crippen molar-refractivity contribution in [2.45, 2.75) is 57.0 Å². The summed E-state index contributed by atoms with van der Waals surface area (Å²) < 4.78 is 33.5. The molecular weight excluding hydrogens is 318 g/mol. The molecule has 24 heavy (non-hydrogen) atoms. The van der Waals surface area contributed by atoms with E-state index in [0.29, 0.717) is 12.5 Å². The smallest absolute Gasteiger partial charge is 0.373 e. The minimum Gasteiger partial charge on any atom is -0.478 e. The van der Waals surface area contributed by atoms with Gasteiger partial charge in [0.1, 0.15) is 24.4 Å². The fourth-order valence-electron chi connectivity index (χ4n) is 3.23. The first-order chi connectivity index (χ1) is 11.3. The highest BCUT2D eigenvalue weighted by Crippen LogP contribution is 2.34. The Bertz CT molecular complexity index is 571. The fraction of sp³-hybridized carbons (Fsp3) is 0.750. The van der Waals surface area contributed by atoms with Crippen LogP contribution in [0.1, 0.15) is 20.8 Å². The monoisotopic (exact) mass is 341 g/mol. The third-order valence-electron chi connectivity index (χ3n) is 4.27. The van der Waals surface area contributed by atoms with E-state index in [4.69, 9.17) is 28.4 Å². The van der Waals surface area contributed by atoms with Crippen LogP contribution in [0.2, 0.25) is 0 Å². The molecule has 3 heterocycles. The van der Waals surface area contributed by atoms with Gasteiger partial charge in [-0.2, -0.15) is 0 Å². The minimum atomic E-state index is -0.693. The summed E-state index contributed by atoms with van der Waals surface area (Å²) in [6.45, 7) is 5.81. The van der Waals surface area contributed by atoms with E-state index in [1.807, 2.05) is 13.8 Å². The second-order valence-electron chi connectivity index (χ2n) is 6.39. The summed E-state index contributed by atoms with van der Waals surface area (Å²) in [5.74, 6) is -0.624. The van der Waals surface area contributed by atoms with E-state index in [2.05, 4.69) is 4.99 Å². The van der Waals surface area contributed by atoms with Crippen LogP contribution in [0.3, 0.4) is 0 Å². The second-order valence-corrected chi connectivity index (χ2v) is 6.39. The quantitative estimate of drug-likeness (QED) is 0.699. The number of methoxy groups -OCH3 is 2. The normalized spacial score (nSPS) is 35.2. The van der Waals surface area contributed by atoms with Crippen molar-refractivity contribution < 1.29 is 33.2 Å². The zero-order valence-electron chi connectivity index (χ0n) is 14.5. The van der Waals surface area contributed by atoms with Crippen molar-refractivity contribution in [1.29, 1.82) is 0 Å². The highest BCUT2D eigenvalue weighted by Gasteiger charge is 2.50. The molecule has 0 radical (unpaired) electrons. The first-order valence-corrected chi connectivity index (χ1v) is 7.87. The molecule has 0 aromatic rings. The highest BCUT2D eigenvalue weighted by atomic mass is 16.8. The third-order valence-corrected chi connectivity index (χ3v) is 4.27. The van der Waals surface area contributed by atoms with Crippen LogP contribution in [-0.4, -0.2) is 68.9 Å². The first-order valence-electron chi connectivity index (χ1n) is 7.87. The molecule has 0 aromatic carbocycles. The first kappa shape index (κ1) is 17.2. The Kier molecular flexibility index (Phi) is 4.54. The van der Waals surface area contributed by atoms with Crippen molar-refractivity contribution >= 4 is 11.9 Å². The van der Waals surface area contributed by atoms with Crippen LogP contribution in [0.5, 0.6) is 0 Å². The zero-order valence-corrected chi connectivity index (χ0v) is 14.5. The number of carbonyl (C=O) groups is 1. The van der Waals surface area contributed by atoms with Gasteiger partial charge in [0.05, 0.1) is 13.7 Å². The summed E-state index contributed by atoms with van der Waals surface area (Å²) >= 11 is 0. The predicted octanol–water partition coefficient (Wildman–Crippen LogP) is 0.794. The number of hydrogen-bond donors (Lipinski definition) is 0. The molecule has 134 valence electrons. The lowest BCUT2D eigenvalue weighted by Gasteiger charge is -2.36. The Hall–Kier alpha value is -1.64. The lowest BCUT2D eigenvalue weighted by molar-refractivity contribution is -0.174. The van der Waals surface area contributed by atoms with Crippen molar-refractivity contribution in [2.24, 2.45) is 4.99 Å². The number of aliphatic imine (C=N–C) groups is 1. The Labute approximate surface area is 140 Å². The number of rotatable bonds is 4. The molecule has 1 saturated heterocycles. The molecule has 3 aliphatic heterocycles. The SMILES string of the molecule is COC(=O)C1=C[C@H]2OC(C)=N[C@H]2[C@H]([C@H](OC)[C@H]2COC(C)(C)O2)O1. The molecule has 0 amide bonds. The third kappa shape index (κ3) is 3.13. The van der Waals surface area contributed by atoms with Gasteiger partial charge < -0.3 is 28.4 Å². The van der Waals surface area contributed by atoms with Crippen molar-refractivity contribution in [3.8, 4) is 0 Å². The number of hydrogen-bond acceptors (Lipinski definition) is 8. The van der Waals surface area contributed by atoms with Gasteiger partial charge in [-0.05, 0) is 13.8 Å². The highest BCUT2D eigenvalue weighted by molar-refractivity contribution is 5.87. The number of fused-ring (bicyclic) bond motifs is 1. The van der Waals surface area contributed by atoms with Crippen LogP contribution in [0.25, 0.3) is 0 Å². The molecule has 0 bridgehead atoms. The molecule has 0 N–H and O–H groups in total. The Balaban J connectivity index is 1.86. The zero-order chi connectivity index (χ0) is 17.5. The molecular formula is C16H23NO7. The second kappa shape index (κ2) is 6.34. The molecule has 1 fully saturated rings. The number of esters is 1. The van der Waals surface area contributed by atoms with Gasteiger partial charge in [0.2, 0.25) is 5.76 Å². The molecule has 5 atom stereocenters. The number of ether oxygens (including phenoxy) is 6. The lowest BCUT2D eigenvalue weighted by Crippen LogP contribution is -2.52. The largest absolute Gasteiger partial charge is 0.478 e. The molecule has 0 aliphatic carbocycles. The summed E-state index contributed by atoms with van der Waals surface area (Å²) in [7, 11) is 2.87. The molecule has 8 heteroatoms. The van der Waals surface area contributed by atoms with Gasteiger partial charge in [-0.25, -0.2) is 9.79 Å². The maximum atomic E-state index is 11.9. The Morgan fingerprint density at radius 2 is 2.12 bits per heavy atom.